The topological polar surface area (TPSA) is 3.24 Å². The number of nitrogens with zero attached hydrogens (tertiary/aromatic N) is 1. The number of allylic oxidation sites excluding steroid dienone is 7. The molecule has 0 heterocycles. The van der Waals surface area contributed by atoms with Crippen molar-refractivity contribution in [1.82, 2.24) is 0 Å². The molecule has 3 atom stereocenters. The molecule has 0 aliphatic heterocycles. The van der Waals surface area contributed by atoms with Gasteiger partial charge in [-0.05, 0) is 122 Å². The first kappa shape index (κ1) is 29.0. The van der Waals surface area contributed by atoms with Gasteiger partial charge >= 0.3 is 0 Å². The molecule has 1 nitrogen and oxygen atoms in total. The molecule has 212 valence electrons. The van der Waals surface area contributed by atoms with E-state index in [0.29, 0.717) is 0 Å². The SMILES string of the molecule is C=C(C)C1=C(C)C[C@]2(C)CC3(C)Cc4c(N(C)C)cc(C#Cc5ccc(C)cc5)c(C)c4C(=C)C3=C(C)[C@]2(C)C1=C. The Morgan fingerprint density at radius 3 is 2.15 bits per heavy atom. The molecular formula is C40H47N. The molecule has 1 heteroatoms. The third-order valence-electron chi connectivity index (χ3n) is 10.8. The molecular weight excluding hydrogens is 494 g/mol. The molecule has 0 bridgehead atoms. The second kappa shape index (κ2) is 9.52. The lowest BCUT2D eigenvalue weighted by atomic mass is 9.41. The van der Waals surface area contributed by atoms with Crippen molar-refractivity contribution in [2.45, 2.75) is 74.7 Å². The van der Waals surface area contributed by atoms with Crippen molar-refractivity contribution in [2.24, 2.45) is 16.2 Å². The van der Waals surface area contributed by atoms with Crippen molar-refractivity contribution in [1.29, 1.82) is 0 Å². The minimum atomic E-state index is -0.156. The second-order valence-corrected chi connectivity index (χ2v) is 14.1. The van der Waals surface area contributed by atoms with Crippen LogP contribution in [0.25, 0.3) is 5.57 Å². The highest BCUT2D eigenvalue weighted by molar-refractivity contribution is 5.90. The Kier molecular flexibility index (Phi) is 6.74. The first-order valence-electron chi connectivity index (χ1n) is 14.9. The number of aryl methyl sites for hydroxylation is 1. The predicted molar refractivity (Wildman–Crippen MR) is 178 cm³/mol. The summed E-state index contributed by atoms with van der Waals surface area (Å²) in [5.41, 5.74) is 17.6. The molecule has 0 saturated carbocycles. The highest BCUT2D eigenvalue weighted by Crippen LogP contribution is 2.70. The summed E-state index contributed by atoms with van der Waals surface area (Å²) < 4.78 is 0. The van der Waals surface area contributed by atoms with Crippen LogP contribution < -0.4 is 4.90 Å². The van der Waals surface area contributed by atoms with E-state index in [1.165, 1.54) is 61.4 Å². The molecule has 2 aromatic rings. The minimum absolute atomic E-state index is 0.00396. The Hall–Kier alpha value is -3.50. The maximum Gasteiger partial charge on any atom is 0.0412 e. The van der Waals surface area contributed by atoms with Crippen LogP contribution >= 0.6 is 0 Å². The molecule has 41 heavy (non-hydrogen) atoms. The molecule has 3 aliphatic rings. The van der Waals surface area contributed by atoms with Gasteiger partial charge in [-0.2, -0.15) is 0 Å². The van der Waals surface area contributed by atoms with Gasteiger partial charge in [0.05, 0.1) is 0 Å². The number of rotatable bonds is 2. The standard InChI is InChI=1S/C40H47N/c1-24(2)35-26(4)21-39(10)23-38(9)22-33-34(41(12)13)20-32(19-18-31-16-14-25(3)15-17-31)27(5)36(33)28(6)37(38)30(8)40(39,11)29(35)7/h14-17,20H,1,6-7,21-23H2,2-5,8-13H3/t38?,39-,40+/m1/s1. The summed E-state index contributed by atoms with van der Waals surface area (Å²) >= 11 is 0. The third-order valence-corrected chi connectivity index (χ3v) is 10.8. The molecule has 0 saturated heterocycles. The van der Waals surface area contributed by atoms with E-state index in [9.17, 15) is 0 Å². The Labute approximate surface area is 249 Å². The lowest BCUT2D eigenvalue weighted by Crippen LogP contribution is -2.52. The zero-order valence-electron chi connectivity index (χ0n) is 27.1. The molecule has 0 aromatic heterocycles. The van der Waals surface area contributed by atoms with Crippen molar-refractivity contribution in [3.63, 3.8) is 0 Å². The predicted octanol–water partition coefficient (Wildman–Crippen LogP) is 9.93. The summed E-state index contributed by atoms with van der Waals surface area (Å²) in [6, 6.07) is 10.8. The molecule has 0 radical (unpaired) electrons. The normalized spacial score (nSPS) is 27.1. The van der Waals surface area contributed by atoms with E-state index in [1.807, 2.05) is 0 Å². The van der Waals surface area contributed by atoms with E-state index in [1.54, 1.807) is 0 Å². The molecule has 1 unspecified atom stereocenters. The van der Waals surface area contributed by atoms with Crippen LogP contribution in [0.4, 0.5) is 5.69 Å². The molecule has 0 N–H and O–H groups in total. The minimum Gasteiger partial charge on any atom is -0.377 e. The van der Waals surface area contributed by atoms with E-state index in [0.717, 1.165) is 36.0 Å². The highest BCUT2D eigenvalue weighted by atomic mass is 15.1. The van der Waals surface area contributed by atoms with Crippen LogP contribution in [0.3, 0.4) is 0 Å². The number of anilines is 1. The lowest BCUT2D eigenvalue weighted by Gasteiger charge is -2.62. The zero-order valence-corrected chi connectivity index (χ0v) is 27.1. The fraction of sp³-hybridized carbons (Fsp3) is 0.400. The lowest BCUT2D eigenvalue weighted by molar-refractivity contribution is 0.0544. The van der Waals surface area contributed by atoms with Crippen molar-refractivity contribution in [3.8, 4) is 11.8 Å². The maximum absolute atomic E-state index is 4.87. The van der Waals surface area contributed by atoms with E-state index in [4.69, 9.17) is 13.2 Å². The fourth-order valence-electron chi connectivity index (χ4n) is 8.89. The Balaban J connectivity index is 1.74. The van der Waals surface area contributed by atoms with Crippen LogP contribution in [0, 0.1) is 41.9 Å². The van der Waals surface area contributed by atoms with Gasteiger partial charge in [-0.1, -0.05) is 86.8 Å². The Bertz CT molecular complexity index is 1660. The number of benzene rings is 2. The second-order valence-electron chi connectivity index (χ2n) is 14.1. The zero-order chi connectivity index (χ0) is 30.2. The van der Waals surface area contributed by atoms with E-state index in [2.05, 4.69) is 123 Å². The monoisotopic (exact) mass is 541 g/mol. The average Bonchev–Trinajstić information content (AvgIpc) is 2.86. The van der Waals surface area contributed by atoms with Crippen LogP contribution in [0.2, 0.25) is 0 Å². The van der Waals surface area contributed by atoms with E-state index in [-0.39, 0.29) is 16.2 Å². The average molecular weight is 542 g/mol. The Morgan fingerprint density at radius 1 is 0.927 bits per heavy atom. The molecule has 0 amide bonds. The van der Waals surface area contributed by atoms with Crippen LogP contribution in [0.5, 0.6) is 0 Å². The van der Waals surface area contributed by atoms with Crippen molar-refractivity contribution < 1.29 is 0 Å². The summed E-state index contributed by atoms with van der Waals surface area (Å²) in [7, 11) is 4.31. The van der Waals surface area contributed by atoms with Gasteiger partial charge in [-0.15, -0.1) is 0 Å². The molecule has 5 rings (SSSR count). The van der Waals surface area contributed by atoms with Gasteiger partial charge in [0.15, 0.2) is 0 Å². The number of hydrogen-bond acceptors (Lipinski definition) is 1. The van der Waals surface area contributed by atoms with Gasteiger partial charge in [0, 0.05) is 36.3 Å². The van der Waals surface area contributed by atoms with Crippen LogP contribution in [0.1, 0.15) is 87.8 Å². The van der Waals surface area contributed by atoms with Gasteiger partial charge in [0.25, 0.3) is 0 Å². The van der Waals surface area contributed by atoms with Crippen molar-refractivity contribution >= 4 is 11.3 Å². The van der Waals surface area contributed by atoms with Gasteiger partial charge in [-0.25, -0.2) is 0 Å². The molecule has 2 aromatic carbocycles. The van der Waals surface area contributed by atoms with Crippen LogP contribution in [-0.4, -0.2) is 14.1 Å². The summed E-state index contributed by atoms with van der Waals surface area (Å²) in [5.74, 6) is 6.96. The smallest absolute Gasteiger partial charge is 0.0412 e. The van der Waals surface area contributed by atoms with Gasteiger partial charge < -0.3 is 4.90 Å². The first-order valence-corrected chi connectivity index (χ1v) is 14.9. The first-order chi connectivity index (χ1) is 19.1. The molecule has 0 spiro atoms. The van der Waals surface area contributed by atoms with Crippen LogP contribution in [0.15, 0.2) is 83.5 Å². The summed E-state index contributed by atoms with van der Waals surface area (Å²) in [5, 5.41) is 0. The van der Waals surface area contributed by atoms with E-state index < -0.39 is 0 Å². The maximum atomic E-state index is 4.87. The largest absolute Gasteiger partial charge is 0.377 e. The summed E-state index contributed by atoms with van der Waals surface area (Å²) in [6.07, 6.45) is 3.17. The summed E-state index contributed by atoms with van der Waals surface area (Å²) in [6.45, 7) is 32.6. The molecule has 0 fully saturated rings. The fourth-order valence-corrected chi connectivity index (χ4v) is 8.89. The third kappa shape index (κ3) is 4.14. The van der Waals surface area contributed by atoms with Crippen molar-refractivity contribution in [3.05, 3.63) is 117 Å². The van der Waals surface area contributed by atoms with Crippen molar-refractivity contribution in [2.75, 3.05) is 19.0 Å². The Morgan fingerprint density at radius 2 is 1.56 bits per heavy atom. The number of fused-ring (bicyclic) bond motifs is 3. The van der Waals surface area contributed by atoms with Gasteiger partial charge in [-0.3, -0.25) is 0 Å². The quantitative estimate of drug-likeness (QED) is 0.342. The number of hydrogen-bond donors (Lipinski definition) is 0. The van der Waals surface area contributed by atoms with Gasteiger partial charge in [0.1, 0.15) is 0 Å². The highest BCUT2D eigenvalue weighted by Gasteiger charge is 2.59. The summed E-state index contributed by atoms with van der Waals surface area (Å²) in [4.78, 5) is 2.26. The van der Waals surface area contributed by atoms with Gasteiger partial charge in [0.2, 0.25) is 0 Å². The molecule has 3 aliphatic carbocycles. The van der Waals surface area contributed by atoms with Crippen LogP contribution in [-0.2, 0) is 6.42 Å². The van der Waals surface area contributed by atoms with E-state index >= 15 is 0 Å².